The highest BCUT2D eigenvalue weighted by molar-refractivity contribution is 14.1. The third kappa shape index (κ3) is 3.50. The zero-order valence-corrected chi connectivity index (χ0v) is 15.5. The average Bonchev–Trinajstić information content (AvgIpc) is 2.76. The Bertz CT molecular complexity index is 534. The maximum Gasteiger partial charge on any atom is 0.275 e. The van der Waals surface area contributed by atoms with Crippen molar-refractivity contribution in [2.45, 2.75) is 0 Å². The number of halogens is 3. The molecule has 0 aliphatic heterocycles. The molecule has 1 heterocycles. The first-order valence-corrected chi connectivity index (χ1v) is 8.60. The van der Waals surface area contributed by atoms with Crippen molar-refractivity contribution < 1.29 is 4.79 Å². The van der Waals surface area contributed by atoms with E-state index in [0.717, 1.165) is 16.4 Å². The molecule has 0 unspecified atom stereocenters. The molecule has 17 heavy (non-hydrogen) atoms. The van der Waals surface area contributed by atoms with Crippen LogP contribution in [-0.4, -0.2) is 10.9 Å². The molecule has 0 bridgehead atoms. The molecule has 1 aromatic heterocycles. The fourth-order valence-corrected chi connectivity index (χ4v) is 5.55. The maximum absolute atomic E-state index is 11.9. The predicted octanol–water partition coefficient (Wildman–Crippen LogP) is 4.21. The lowest BCUT2D eigenvalue weighted by Crippen LogP contribution is -2.14. The minimum atomic E-state index is -0.164. The summed E-state index contributed by atoms with van der Waals surface area (Å²) in [6.07, 6.45) is 0. The topological polar surface area (TPSA) is 42.0 Å². The van der Waals surface area contributed by atoms with Crippen molar-refractivity contribution in [2.24, 2.45) is 0 Å². The van der Waals surface area contributed by atoms with Crippen molar-refractivity contribution in [1.82, 2.24) is 4.98 Å². The van der Waals surface area contributed by atoms with E-state index in [2.05, 4.69) is 78.1 Å². The Hall–Kier alpha value is 0.510. The first-order valence-electron chi connectivity index (χ1n) is 4.42. The zero-order valence-electron chi connectivity index (χ0n) is 8.21. The van der Waals surface area contributed by atoms with E-state index in [4.69, 9.17) is 0 Å². The summed E-state index contributed by atoms with van der Waals surface area (Å²) in [5.41, 5.74) is 2.96. The van der Waals surface area contributed by atoms with Crippen molar-refractivity contribution >= 4 is 90.7 Å². The van der Waals surface area contributed by atoms with Gasteiger partial charge in [0.05, 0.1) is 11.2 Å². The molecule has 2 rings (SSSR count). The van der Waals surface area contributed by atoms with Gasteiger partial charge in [-0.2, -0.15) is 0 Å². The number of nitrogens with one attached hydrogen (secondary N) is 1. The Kier molecular flexibility index (Phi) is 5.00. The summed E-state index contributed by atoms with van der Waals surface area (Å²) in [5.74, 6) is -0.164. The molecule has 0 atom stereocenters. The Labute approximate surface area is 143 Å². The SMILES string of the molecule is O=C(Nc1c(I)cc(I)cc1I)c1cscn1. The van der Waals surface area contributed by atoms with Gasteiger partial charge in [0.1, 0.15) is 5.69 Å². The summed E-state index contributed by atoms with van der Waals surface area (Å²) in [7, 11) is 0. The number of carbonyl (C=O) groups excluding carboxylic acids is 1. The summed E-state index contributed by atoms with van der Waals surface area (Å²) >= 11 is 8.11. The molecule has 7 heteroatoms. The number of benzene rings is 1. The number of anilines is 1. The van der Waals surface area contributed by atoms with Crippen molar-refractivity contribution in [3.63, 3.8) is 0 Å². The van der Waals surface area contributed by atoms with Crippen LogP contribution in [0.15, 0.2) is 23.0 Å². The van der Waals surface area contributed by atoms with Crippen LogP contribution in [0.25, 0.3) is 0 Å². The molecule has 0 saturated heterocycles. The molecule has 0 aliphatic carbocycles. The molecule has 0 saturated carbocycles. The van der Waals surface area contributed by atoms with Gasteiger partial charge >= 0.3 is 0 Å². The quantitative estimate of drug-likeness (QED) is 0.540. The maximum atomic E-state index is 11.9. The van der Waals surface area contributed by atoms with Crippen molar-refractivity contribution in [3.8, 4) is 0 Å². The molecular formula is C10H5I3N2OS. The van der Waals surface area contributed by atoms with Gasteiger partial charge in [-0.25, -0.2) is 4.98 Å². The molecule has 1 amide bonds. The van der Waals surface area contributed by atoms with Crippen molar-refractivity contribution in [2.75, 3.05) is 5.32 Å². The van der Waals surface area contributed by atoms with Gasteiger partial charge in [-0.05, 0) is 79.9 Å². The number of aromatic nitrogens is 1. The Morgan fingerprint density at radius 2 is 1.88 bits per heavy atom. The van der Waals surface area contributed by atoms with E-state index in [1.807, 2.05) is 12.1 Å². The van der Waals surface area contributed by atoms with Gasteiger partial charge < -0.3 is 5.32 Å². The number of hydrogen-bond acceptors (Lipinski definition) is 3. The Morgan fingerprint density at radius 1 is 1.24 bits per heavy atom. The third-order valence-electron chi connectivity index (χ3n) is 1.91. The lowest BCUT2D eigenvalue weighted by Gasteiger charge is -2.09. The molecule has 3 nitrogen and oxygen atoms in total. The summed E-state index contributed by atoms with van der Waals surface area (Å²) in [6.45, 7) is 0. The van der Waals surface area contributed by atoms with Crippen LogP contribution in [0.2, 0.25) is 0 Å². The van der Waals surface area contributed by atoms with E-state index >= 15 is 0 Å². The number of carbonyl (C=O) groups is 1. The summed E-state index contributed by atoms with van der Waals surface area (Å²) in [6, 6.07) is 4.06. The largest absolute Gasteiger partial charge is 0.319 e. The van der Waals surface area contributed by atoms with E-state index in [1.165, 1.54) is 11.3 Å². The molecule has 0 aliphatic rings. The fraction of sp³-hybridized carbons (Fsp3) is 0. The van der Waals surface area contributed by atoms with Crippen LogP contribution in [0.4, 0.5) is 5.69 Å². The van der Waals surface area contributed by atoms with Gasteiger partial charge in [0, 0.05) is 16.1 Å². The van der Waals surface area contributed by atoms with E-state index in [0.29, 0.717) is 5.69 Å². The molecule has 88 valence electrons. The second-order valence-electron chi connectivity index (χ2n) is 3.07. The first kappa shape index (κ1) is 13.9. The third-order valence-corrected chi connectivity index (χ3v) is 4.82. The van der Waals surface area contributed by atoms with Gasteiger partial charge in [-0.3, -0.25) is 4.79 Å². The zero-order chi connectivity index (χ0) is 12.4. The Balaban J connectivity index is 2.28. The van der Waals surface area contributed by atoms with E-state index in [1.54, 1.807) is 10.9 Å². The highest BCUT2D eigenvalue weighted by Gasteiger charge is 2.13. The summed E-state index contributed by atoms with van der Waals surface area (Å²) < 4.78 is 3.22. The van der Waals surface area contributed by atoms with Gasteiger partial charge in [-0.15, -0.1) is 11.3 Å². The Morgan fingerprint density at radius 3 is 2.41 bits per heavy atom. The lowest BCUT2D eigenvalue weighted by atomic mass is 10.3. The molecule has 1 aromatic carbocycles. The van der Waals surface area contributed by atoms with Gasteiger partial charge in [-0.1, -0.05) is 0 Å². The van der Waals surface area contributed by atoms with Crippen molar-refractivity contribution in [3.05, 3.63) is 39.4 Å². The van der Waals surface area contributed by atoms with Crippen LogP contribution < -0.4 is 5.32 Å². The van der Waals surface area contributed by atoms with E-state index < -0.39 is 0 Å². The number of hydrogen-bond donors (Lipinski definition) is 1. The predicted molar refractivity (Wildman–Crippen MR) is 94.7 cm³/mol. The highest BCUT2D eigenvalue weighted by Crippen LogP contribution is 2.27. The molecule has 2 aromatic rings. The van der Waals surface area contributed by atoms with E-state index in [-0.39, 0.29) is 5.91 Å². The number of thiazole rings is 1. The minimum absolute atomic E-state index is 0.164. The van der Waals surface area contributed by atoms with Crippen LogP contribution in [-0.2, 0) is 0 Å². The minimum Gasteiger partial charge on any atom is -0.319 e. The summed E-state index contributed by atoms with van der Waals surface area (Å²) in [5, 5.41) is 4.63. The van der Waals surface area contributed by atoms with Gasteiger partial charge in [0.15, 0.2) is 0 Å². The first-order chi connectivity index (χ1) is 8.08. The number of rotatable bonds is 2. The molecule has 0 fully saturated rings. The number of amides is 1. The molecule has 1 N–H and O–H groups in total. The van der Waals surface area contributed by atoms with Crippen LogP contribution in [0.3, 0.4) is 0 Å². The van der Waals surface area contributed by atoms with Crippen LogP contribution in [0.5, 0.6) is 0 Å². The second-order valence-corrected chi connectivity index (χ2v) is 7.36. The standard InChI is InChI=1S/C10H5I3N2OS/c11-5-1-6(12)9(7(13)2-5)15-10(16)8-3-17-4-14-8/h1-4H,(H,15,16). The monoisotopic (exact) mass is 582 g/mol. The fourth-order valence-electron chi connectivity index (χ4n) is 1.16. The van der Waals surface area contributed by atoms with Crippen molar-refractivity contribution in [1.29, 1.82) is 0 Å². The summed E-state index contributed by atoms with van der Waals surface area (Å²) in [4.78, 5) is 15.9. The van der Waals surface area contributed by atoms with Crippen LogP contribution in [0, 0.1) is 10.7 Å². The highest BCUT2D eigenvalue weighted by atomic mass is 127. The normalized spacial score (nSPS) is 10.3. The lowest BCUT2D eigenvalue weighted by molar-refractivity contribution is 0.102. The smallest absolute Gasteiger partial charge is 0.275 e. The molecule has 0 radical (unpaired) electrons. The van der Waals surface area contributed by atoms with E-state index in [9.17, 15) is 4.79 Å². The van der Waals surface area contributed by atoms with Crippen LogP contribution >= 0.6 is 79.1 Å². The van der Waals surface area contributed by atoms with Gasteiger partial charge in [0.25, 0.3) is 5.91 Å². The molecular weight excluding hydrogens is 577 g/mol. The number of nitrogens with zero attached hydrogens (tertiary/aromatic N) is 1. The average molecular weight is 582 g/mol. The second kappa shape index (κ2) is 6.10. The molecule has 0 spiro atoms. The van der Waals surface area contributed by atoms with Gasteiger partial charge in [0.2, 0.25) is 0 Å². The van der Waals surface area contributed by atoms with Crippen LogP contribution in [0.1, 0.15) is 10.5 Å².